The molecule has 14 heteroatoms. The van der Waals surface area contributed by atoms with Gasteiger partial charge in [0.15, 0.2) is 23.6 Å². The second-order valence-corrected chi connectivity index (χ2v) is 13.5. The van der Waals surface area contributed by atoms with E-state index in [2.05, 4.69) is 10.2 Å². The average molecular weight is 696 g/mol. The van der Waals surface area contributed by atoms with Crippen molar-refractivity contribution in [3.63, 3.8) is 0 Å². The van der Waals surface area contributed by atoms with Crippen LogP contribution in [-0.2, 0) is 27.2 Å². The van der Waals surface area contributed by atoms with Crippen molar-refractivity contribution in [2.75, 3.05) is 25.5 Å². The number of aliphatic hydroxyl groups excluding tert-OH is 1. The number of carbonyl (C=O) groups is 2. The van der Waals surface area contributed by atoms with Crippen molar-refractivity contribution in [2.45, 2.75) is 90.6 Å². The molecule has 270 valence electrons. The van der Waals surface area contributed by atoms with Crippen LogP contribution in [0.25, 0.3) is 11.0 Å². The molecule has 0 unspecified atom stereocenters. The van der Waals surface area contributed by atoms with Crippen molar-refractivity contribution in [3.05, 3.63) is 68.6 Å². The minimum absolute atomic E-state index is 0.0335. The molecule has 2 aromatic carbocycles. The van der Waals surface area contributed by atoms with Gasteiger partial charge in [-0.25, -0.2) is 9.59 Å². The van der Waals surface area contributed by atoms with E-state index in [1.807, 2.05) is 19.9 Å². The first-order valence-electron chi connectivity index (χ1n) is 16.4. The van der Waals surface area contributed by atoms with E-state index in [4.69, 9.17) is 29.1 Å². The summed E-state index contributed by atoms with van der Waals surface area (Å²) in [6.45, 7) is 11.0. The highest BCUT2D eigenvalue weighted by Gasteiger charge is 2.53. The first-order chi connectivity index (χ1) is 23.6. The summed E-state index contributed by atoms with van der Waals surface area (Å²) < 4.78 is 28.1. The number of aliphatic hydroxyl groups is 1. The first-order valence-corrected chi connectivity index (χ1v) is 16.4. The van der Waals surface area contributed by atoms with Crippen LogP contribution in [0.5, 0.6) is 17.2 Å². The number of aryl methyl sites for hydroxylation is 1. The van der Waals surface area contributed by atoms with Gasteiger partial charge < -0.3 is 49.7 Å². The molecular formula is C36H45N3O11. The van der Waals surface area contributed by atoms with Gasteiger partial charge in [-0.2, -0.15) is 0 Å². The number of anilines is 1. The largest absolute Gasteiger partial charge is 0.507 e. The molecule has 50 heavy (non-hydrogen) atoms. The maximum atomic E-state index is 13.6. The van der Waals surface area contributed by atoms with Gasteiger partial charge in [0.2, 0.25) is 6.29 Å². The molecule has 3 aromatic rings. The van der Waals surface area contributed by atoms with E-state index < -0.39 is 59.3 Å². The number of amides is 2. The molecular weight excluding hydrogens is 650 g/mol. The second kappa shape index (κ2) is 14.7. The summed E-state index contributed by atoms with van der Waals surface area (Å²) in [5.74, 6) is -0.938. The molecule has 2 saturated heterocycles. The summed E-state index contributed by atoms with van der Waals surface area (Å²) in [6.07, 6.45) is -1.64. The number of benzene rings is 2. The van der Waals surface area contributed by atoms with Crippen LogP contribution in [0.1, 0.15) is 67.6 Å². The van der Waals surface area contributed by atoms with Crippen LogP contribution in [0.2, 0.25) is 0 Å². The summed E-state index contributed by atoms with van der Waals surface area (Å²) in [7, 11) is 1.38. The quantitative estimate of drug-likeness (QED) is 0.149. The zero-order valence-corrected chi connectivity index (χ0v) is 29.1. The Morgan fingerprint density at radius 3 is 2.44 bits per heavy atom. The Balaban J connectivity index is 1.44. The molecule has 0 bridgehead atoms. The summed E-state index contributed by atoms with van der Waals surface area (Å²) >= 11 is 0. The van der Waals surface area contributed by atoms with Crippen LogP contribution in [-0.4, -0.2) is 82.6 Å². The lowest BCUT2D eigenvalue weighted by Crippen LogP contribution is -2.65. The predicted molar refractivity (Wildman–Crippen MR) is 183 cm³/mol. The molecule has 1 aromatic heterocycles. The number of ether oxygens (including phenoxy) is 4. The van der Waals surface area contributed by atoms with Crippen molar-refractivity contribution in [1.82, 2.24) is 4.90 Å². The topological polar surface area (TPSA) is 203 Å². The van der Waals surface area contributed by atoms with E-state index in [1.165, 1.54) is 19.2 Å². The minimum Gasteiger partial charge on any atom is -0.507 e. The van der Waals surface area contributed by atoms with Gasteiger partial charge in [0.05, 0.1) is 11.0 Å². The standard InChI is InChI=1S/C36H45N3O11/c1-18(2)9-10-20-15-21(16-22(26(20)40)17-39-13-7-8-14-39)32(43)38-25-27(41)23-11-12-24(19(3)29(23)48-33(25)44)47-34-28(42)30(49-35(37)45)31(46-6)36(4,5)50-34/h9,11-12,15-16,28,30-31,34,40-42H,7-8,10,13-14,17H2,1-6H3,(H2,37,45)(H,38,43)/t28-,30+,31-,34-/m1/s1. The number of fused-ring (bicyclic) bond motifs is 1. The molecule has 2 amide bonds. The Morgan fingerprint density at radius 2 is 1.80 bits per heavy atom. The predicted octanol–water partition coefficient (Wildman–Crippen LogP) is 4.22. The number of nitrogens with two attached hydrogens (primary N) is 1. The lowest BCUT2D eigenvalue weighted by Gasteiger charge is -2.47. The highest BCUT2D eigenvalue weighted by Crippen LogP contribution is 2.39. The van der Waals surface area contributed by atoms with Crippen molar-refractivity contribution < 1.29 is 48.3 Å². The van der Waals surface area contributed by atoms with Crippen LogP contribution in [0.4, 0.5) is 10.5 Å². The Bertz CT molecular complexity index is 1860. The maximum Gasteiger partial charge on any atom is 0.404 e. The van der Waals surface area contributed by atoms with E-state index in [-0.39, 0.29) is 33.6 Å². The summed E-state index contributed by atoms with van der Waals surface area (Å²) in [5.41, 5.74) is 5.32. The molecule has 6 N–H and O–H groups in total. The normalized spacial score (nSPS) is 21.9. The number of likely N-dealkylation sites (tertiary alicyclic amines) is 1. The summed E-state index contributed by atoms with van der Waals surface area (Å²) in [4.78, 5) is 40.6. The number of nitrogens with zero attached hydrogens (tertiary/aromatic N) is 1. The molecule has 0 aliphatic carbocycles. The molecule has 2 aliphatic rings. The number of phenolic OH excluding ortho intramolecular Hbond substituents is 1. The van der Waals surface area contributed by atoms with Gasteiger partial charge in [0, 0.05) is 30.3 Å². The van der Waals surface area contributed by atoms with Gasteiger partial charge in [-0.1, -0.05) is 11.6 Å². The van der Waals surface area contributed by atoms with Crippen LogP contribution in [0.15, 0.2) is 45.1 Å². The monoisotopic (exact) mass is 695 g/mol. The van der Waals surface area contributed by atoms with E-state index in [0.29, 0.717) is 24.1 Å². The lowest BCUT2D eigenvalue weighted by atomic mass is 9.89. The number of hydrogen-bond acceptors (Lipinski definition) is 12. The number of aromatic hydroxyl groups is 2. The number of hydrogen-bond donors (Lipinski definition) is 5. The third kappa shape index (κ3) is 7.58. The molecule has 0 radical (unpaired) electrons. The average Bonchev–Trinajstić information content (AvgIpc) is 3.56. The van der Waals surface area contributed by atoms with Gasteiger partial charge in [-0.05, 0) is 96.8 Å². The number of carbonyl (C=O) groups excluding carboxylic acids is 2. The fourth-order valence-electron chi connectivity index (χ4n) is 6.52. The SMILES string of the molecule is CO[C@@H]1[C@@H](OC(N)=O)[C@@H](O)[C@H](Oc2ccc3c(O)c(NC(=O)c4cc(CC=C(C)C)c(O)c(CN5CCCC5)c4)c(=O)oc3c2C)OC1(C)C. The van der Waals surface area contributed by atoms with E-state index >= 15 is 0 Å². The zero-order valence-electron chi connectivity index (χ0n) is 29.1. The fraction of sp³-hybridized carbons (Fsp3) is 0.472. The number of nitrogens with one attached hydrogen (secondary N) is 1. The first kappa shape index (κ1) is 36.6. The van der Waals surface area contributed by atoms with E-state index in [1.54, 1.807) is 32.9 Å². The maximum absolute atomic E-state index is 13.6. The smallest absolute Gasteiger partial charge is 0.404 e. The van der Waals surface area contributed by atoms with Gasteiger partial charge in [0.1, 0.15) is 23.2 Å². The summed E-state index contributed by atoms with van der Waals surface area (Å²) in [6, 6.07) is 6.06. The Morgan fingerprint density at radius 1 is 1.12 bits per heavy atom. The third-order valence-electron chi connectivity index (χ3n) is 9.11. The van der Waals surface area contributed by atoms with Crippen LogP contribution < -0.4 is 21.4 Å². The van der Waals surface area contributed by atoms with Crippen LogP contribution in [0.3, 0.4) is 0 Å². The van der Waals surface area contributed by atoms with Crippen molar-refractivity contribution in [3.8, 4) is 17.2 Å². The van der Waals surface area contributed by atoms with Crippen LogP contribution in [0, 0.1) is 6.92 Å². The highest BCUT2D eigenvalue weighted by molar-refractivity contribution is 6.07. The van der Waals surface area contributed by atoms with Gasteiger partial charge in [-0.15, -0.1) is 0 Å². The zero-order chi connectivity index (χ0) is 36.5. The number of allylic oxidation sites excluding steroid dienone is 2. The van der Waals surface area contributed by atoms with E-state index in [0.717, 1.165) is 31.5 Å². The number of primary amides is 1. The van der Waals surface area contributed by atoms with Gasteiger partial charge in [-0.3, -0.25) is 9.69 Å². The van der Waals surface area contributed by atoms with Crippen molar-refractivity contribution in [2.24, 2.45) is 5.73 Å². The third-order valence-corrected chi connectivity index (χ3v) is 9.11. The van der Waals surface area contributed by atoms with Crippen molar-refractivity contribution in [1.29, 1.82) is 0 Å². The van der Waals surface area contributed by atoms with E-state index in [9.17, 15) is 29.7 Å². The number of phenols is 1. The number of methoxy groups -OCH3 is 1. The van der Waals surface area contributed by atoms with Gasteiger partial charge in [0.25, 0.3) is 5.91 Å². The Labute approximate surface area is 289 Å². The molecule has 0 spiro atoms. The summed E-state index contributed by atoms with van der Waals surface area (Å²) in [5, 5.41) is 35.9. The second-order valence-electron chi connectivity index (χ2n) is 13.5. The molecule has 2 aliphatic heterocycles. The lowest BCUT2D eigenvalue weighted by molar-refractivity contribution is -0.304. The van der Waals surface area contributed by atoms with Gasteiger partial charge >= 0.3 is 11.7 Å². The molecule has 0 saturated carbocycles. The highest BCUT2D eigenvalue weighted by atomic mass is 16.7. The van der Waals surface area contributed by atoms with Crippen molar-refractivity contribution >= 4 is 28.7 Å². The minimum atomic E-state index is -1.52. The molecule has 5 rings (SSSR count). The van der Waals surface area contributed by atoms with Crippen LogP contribution >= 0.6 is 0 Å². The molecule has 14 nitrogen and oxygen atoms in total. The fourth-order valence-corrected chi connectivity index (χ4v) is 6.52. The number of rotatable bonds is 10. The Hall–Kier alpha value is -4.63. The molecule has 4 atom stereocenters. The molecule has 2 fully saturated rings. The Kier molecular flexibility index (Phi) is 10.8. The molecule has 3 heterocycles.